The third-order valence-corrected chi connectivity index (χ3v) is 4.66. The molecule has 2 heterocycles. The fourth-order valence-electron chi connectivity index (χ4n) is 2.50. The molecular formula is C17H21N3O4S. The van der Waals surface area contributed by atoms with Crippen molar-refractivity contribution in [1.82, 2.24) is 15.5 Å². The van der Waals surface area contributed by atoms with Crippen molar-refractivity contribution in [1.29, 1.82) is 0 Å². The molecule has 25 heavy (non-hydrogen) atoms. The van der Waals surface area contributed by atoms with Crippen LogP contribution in [0.5, 0.6) is 5.75 Å². The highest BCUT2D eigenvalue weighted by Gasteiger charge is 2.16. The van der Waals surface area contributed by atoms with E-state index in [1.165, 1.54) is 11.8 Å². The fraction of sp³-hybridized carbons (Fsp3) is 0.471. The van der Waals surface area contributed by atoms with Crippen molar-refractivity contribution in [3.8, 4) is 5.75 Å². The smallest absolute Gasteiger partial charge is 0.277 e. The van der Waals surface area contributed by atoms with E-state index in [9.17, 15) is 4.79 Å². The number of ether oxygens (including phenoxy) is 2. The molecule has 8 heteroatoms. The summed E-state index contributed by atoms with van der Waals surface area (Å²) in [5.41, 5.74) is 1.05. The van der Waals surface area contributed by atoms with E-state index in [2.05, 4.69) is 15.5 Å². The van der Waals surface area contributed by atoms with Gasteiger partial charge in [0.05, 0.1) is 25.4 Å². The molecule has 1 aliphatic rings. The minimum absolute atomic E-state index is 0.0598. The maximum absolute atomic E-state index is 11.8. The molecule has 134 valence electrons. The van der Waals surface area contributed by atoms with Crippen LogP contribution in [-0.2, 0) is 16.0 Å². The van der Waals surface area contributed by atoms with Crippen LogP contribution < -0.4 is 10.1 Å². The molecule has 1 saturated heterocycles. The molecule has 7 nitrogen and oxygen atoms in total. The van der Waals surface area contributed by atoms with Gasteiger partial charge in [0, 0.05) is 13.2 Å². The number of rotatable bonds is 8. The molecule has 1 aliphatic heterocycles. The Kier molecular flexibility index (Phi) is 6.30. The average molecular weight is 363 g/mol. The number of benzene rings is 1. The van der Waals surface area contributed by atoms with E-state index in [0.717, 1.165) is 30.8 Å². The number of methoxy groups -OCH3 is 1. The van der Waals surface area contributed by atoms with Crippen molar-refractivity contribution in [3.05, 3.63) is 35.7 Å². The Labute approximate surface area is 150 Å². The lowest BCUT2D eigenvalue weighted by molar-refractivity contribution is -0.119. The van der Waals surface area contributed by atoms with Gasteiger partial charge in [0.1, 0.15) is 5.75 Å². The molecule has 0 saturated carbocycles. The number of hydrogen-bond donors (Lipinski definition) is 1. The molecular weight excluding hydrogens is 342 g/mol. The van der Waals surface area contributed by atoms with Crippen LogP contribution in [0, 0.1) is 0 Å². The number of nitrogens with one attached hydrogen (secondary N) is 1. The zero-order valence-corrected chi connectivity index (χ0v) is 14.9. The van der Waals surface area contributed by atoms with Crippen LogP contribution in [-0.4, -0.2) is 48.2 Å². The summed E-state index contributed by atoms with van der Waals surface area (Å²) in [6, 6.07) is 7.68. The number of thioether (sulfide) groups is 1. The van der Waals surface area contributed by atoms with Gasteiger partial charge in [-0.15, -0.1) is 10.2 Å². The summed E-state index contributed by atoms with van der Waals surface area (Å²) >= 11 is 1.24. The second kappa shape index (κ2) is 8.87. The summed E-state index contributed by atoms with van der Waals surface area (Å²) in [7, 11) is 1.63. The molecule has 3 rings (SSSR count). The second-order valence-electron chi connectivity index (χ2n) is 5.71. The Morgan fingerprint density at radius 1 is 1.36 bits per heavy atom. The van der Waals surface area contributed by atoms with Gasteiger partial charge in [0.25, 0.3) is 5.22 Å². The number of aromatic nitrogens is 2. The minimum atomic E-state index is -0.0598. The lowest BCUT2D eigenvalue weighted by atomic mass is 10.1. The molecule has 1 fully saturated rings. The monoisotopic (exact) mass is 363 g/mol. The van der Waals surface area contributed by atoms with Crippen molar-refractivity contribution in [3.63, 3.8) is 0 Å². The Bertz CT molecular complexity index is 683. The molecule has 0 bridgehead atoms. The molecule has 0 unspecified atom stereocenters. The first-order chi connectivity index (χ1) is 12.2. The Hall–Kier alpha value is -2.06. The largest absolute Gasteiger partial charge is 0.497 e. The lowest BCUT2D eigenvalue weighted by Gasteiger charge is -2.09. The third kappa shape index (κ3) is 5.47. The van der Waals surface area contributed by atoms with E-state index in [4.69, 9.17) is 13.9 Å². The maximum atomic E-state index is 11.8. The molecule has 1 aromatic carbocycles. The van der Waals surface area contributed by atoms with Gasteiger partial charge in [-0.05, 0) is 30.5 Å². The highest BCUT2D eigenvalue weighted by Crippen LogP contribution is 2.19. The minimum Gasteiger partial charge on any atom is -0.497 e. The maximum Gasteiger partial charge on any atom is 0.277 e. The summed E-state index contributed by atoms with van der Waals surface area (Å²) in [4.78, 5) is 11.8. The third-order valence-electron chi connectivity index (χ3n) is 3.84. The van der Waals surface area contributed by atoms with Crippen molar-refractivity contribution in [2.45, 2.75) is 30.6 Å². The predicted molar refractivity (Wildman–Crippen MR) is 92.8 cm³/mol. The van der Waals surface area contributed by atoms with Crippen LogP contribution in [0.3, 0.4) is 0 Å². The van der Waals surface area contributed by atoms with Crippen LogP contribution in [0.25, 0.3) is 0 Å². The van der Waals surface area contributed by atoms with Gasteiger partial charge in [-0.2, -0.15) is 0 Å². The second-order valence-corrected chi connectivity index (χ2v) is 6.64. The molecule has 1 atom stereocenters. The molecule has 0 radical (unpaired) electrons. The Balaban J connectivity index is 1.42. The predicted octanol–water partition coefficient (Wildman–Crippen LogP) is 2.06. The molecule has 1 aromatic heterocycles. The highest BCUT2D eigenvalue weighted by atomic mass is 32.2. The van der Waals surface area contributed by atoms with Crippen LogP contribution in [0.2, 0.25) is 0 Å². The summed E-state index contributed by atoms with van der Waals surface area (Å²) in [6.07, 6.45) is 2.76. The zero-order chi connectivity index (χ0) is 17.5. The van der Waals surface area contributed by atoms with Crippen LogP contribution in [0.1, 0.15) is 24.3 Å². The van der Waals surface area contributed by atoms with E-state index in [0.29, 0.717) is 24.1 Å². The van der Waals surface area contributed by atoms with E-state index in [-0.39, 0.29) is 17.8 Å². The molecule has 0 aliphatic carbocycles. The summed E-state index contributed by atoms with van der Waals surface area (Å²) in [6.45, 7) is 1.35. The van der Waals surface area contributed by atoms with Gasteiger partial charge in [0.15, 0.2) is 0 Å². The van der Waals surface area contributed by atoms with Gasteiger partial charge < -0.3 is 19.2 Å². The number of amides is 1. The molecule has 0 spiro atoms. The molecule has 1 N–H and O–H groups in total. The summed E-state index contributed by atoms with van der Waals surface area (Å²) in [5.74, 6) is 1.51. The zero-order valence-electron chi connectivity index (χ0n) is 14.1. The van der Waals surface area contributed by atoms with Crippen LogP contribution >= 0.6 is 11.8 Å². The van der Waals surface area contributed by atoms with Crippen LogP contribution in [0.15, 0.2) is 33.9 Å². The number of carbonyl (C=O) groups excluding carboxylic acids is 1. The van der Waals surface area contributed by atoms with E-state index < -0.39 is 0 Å². The van der Waals surface area contributed by atoms with Crippen molar-refractivity contribution in [2.24, 2.45) is 0 Å². The summed E-state index contributed by atoms with van der Waals surface area (Å²) in [5, 5.41) is 11.3. The fourth-order valence-corrected chi connectivity index (χ4v) is 3.11. The van der Waals surface area contributed by atoms with Gasteiger partial charge in [-0.25, -0.2) is 0 Å². The molecule has 1 amide bonds. The van der Waals surface area contributed by atoms with Crippen LogP contribution in [0.4, 0.5) is 0 Å². The van der Waals surface area contributed by atoms with Gasteiger partial charge in [-0.3, -0.25) is 4.79 Å². The quantitative estimate of drug-likeness (QED) is 0.718. The standard InChI is InChI=1S/C17H21N3O4S/c1-22-13-6-4-12(5-7-13)9-16-19-20-17(24-16)25-11-15(21)18-10-14-3-2-8-23-14/h4-7,14H,2-3,8-11H2,1H3,(H,18,21)/t14-/m1/s1. The summed E-state index contributed by atoms with van der Waals surface area (Å²) < 4.78 is 16.2. The Morgan fingerprint density at radius 3 is 2.92 bits per heavy atom. The first-order valence-electron chi connectivity index (χ1n) is 8.19. The first-order valence-corrected chi connectivity index (χ1v) is 9.18. The van der Waals surface area contributed by atoms with E-state index in [1.807, 2.05) is 24.3 Å². The molecule has 2 aromatic rings. The first kappa shape index (κ1) is 17.8. The van der Waals surface area contributed by atoms with Gasteiger partial charge in [-0.1, -0.05) is 23.9 Å². The number of carbonyl (C=O) groups is 1. The highest BCUT2D eigenvalue weighted by molar-refractivity contribution is 7.99. The Morgan fingerprint density at radius 2 is 2.20 bits per heavy atom. The number of nitrogens with zero attached hydrogens (tertiary/aromatic N) is 2. The van der Waals surface area contributed by atoms with E-state index >= 15 is 0 Å². The van der Waals surface area contributed by atoms with Gasteiger partial charge >= 0.3 is 0 Å². The van der Waals surface area contributed by atoms with Crippen molar-refractivity contribution >= 4 is 17.7 Å². The van der Waals surface area contributed by atoms with E-state index in [1.54, 1.807) is 7.11 Å². The van der Waals surface area contributed by atoms with Crippen molar-refractivity contribution in [2.75, 3.05) is 26.0 Å². The van der Waals surface area contributed by atoms with Crippen molar-refractivity contribution < 1.29 is 18.7 Å². The number of hydrogen-bond acceptors (Lipinski definition) is 7. The average Bonchev–Trinajstić information content (AvgIpc) is 3.31. The SMILES string of the molecule is COc1ccc(Cc2nnc(SCC(=O)NC[C@H]3CCCO3)o2)cc1. The lowest BCUT2D eigenvalue weighted by Crippen LogP contribution is -2.32. The van der Waals surface area contributed by atoms with Gasteiger partial charge in [0.2, 0.25) is 11.8 Å². The normalized spacial score (nSPS) is 16.8. The topological polar surface area (TPSA) is 86.5 Å².